The first-order valence-electron chi connectivity index (χ1n) is 9.71. The van der Waals surface area contributed by atoms with Crippen LogP contribution in [0, 0.1) is 6.92 Å². The van der Waals surface area contributed by atoms with Crippen LogP contribution in [0.1, 0.15) is 37.0 Å². The first-order valence-corrected chi connectivity index (χ1v) is 9.71. The summed E-state index contributed by atoms with van der Waals surface area (Å²) in [5, 5.41) is 2.87. The Labute approximate surface area is 162 Å². The van der Waals surface area contributed by atoms with Gasteiger partial charge in [-0.15, -0.1) is 0 Å². The van der Waals surface area contributed by atoms with E-state index in [1.165, 1.54) is 5.56 Å². The van der Waals surface area contributed by atoms with E-state index in [2.05, 4.69) is 17.4 Å². The fourth-order valence-corrected chi connectivity index (χ4v) is 3.17. The molecule has 27 heavy (non-hydrogen) atoms. The second-order valence-corrected chi connectivity index (χ2v) is 6.80. The Morgan fingerprint density at radius 3 is 2.22 bits per heavy atom. The number of carbonyl (C=O) groups is 2. The van der Waals surface area contributed by atoms with E-state index in [-0.39, 0.29) is 11.8 Å². The quantitative estimate of drug-likeness (QED) is 0.738. The lowest BCUT2D eigenvalue weighted by Gasteiger charge is -2.30. The van der Waals surface area contributed by atoms with Crippen LogP contribution in [0.3, 0.4) is 0 Å². The summed E-state index contributed by atoms with van der Waals surface area (Å²) in [5.74, 6) is -0.0850. The Hall–Kier alpha value is -2.62. The largest absolute Gasteiger partial charge is 0.355 e. The zero-order valence-corrected chi connectivity index (χ0v) is 16.6. The number of nitrogens with one attached hydrogen (secondary N) is 1. The molecule has 1 N–H and O–H groups in total. The Morgan fingerprint density at radius 2 is 1.63 bits per heavy atom. The van der Waals surface area contributed by atoms with Crippen molar-refractivity contribution in [1.29, 1.82) is 0 Å². The smallest absolute Gasteiger partial charge is 0.242 e. The molecule has 2 amide bonds. The van der Waals surface area contributed by atoms with Crippen molar-refractivity contribution in [1.82, 2.24) is 10.2 Å². The molecule has 0 spiro atoms. The van der Waals surface area contributed by atoms with Gasteiger partial charge in [0.1, 0.15) is 6.04 Å². The molecule has 0 aliphatic carbocycles. The average molecular weight is 367 g/mol. The summed E-state index contributed by atoms with van der Waals surface area (Å²) in [4.78, 5) is 27.3. The van der Waals surface area contributed by atoms with E-state index >= 15 is 0 Å². The third-order valence-corrected chi connectivity index (χ3v) is 4.70. The van der Waals surface area contributed by atoms with E-state index in [9.17, 15) is 9.59 Å². The van der Waals surface area contributed by atoms with Crippen LogP contribution in [0.2, 0.25) is 0 Å². The number of amides is 2. The van der Waals surface area contributed by atoms with Gasteiger partial charge in [-0.1, -0.05) is 67.1 Å². The van der Waals surface area contributed by atoms with Crippen LogP contribution in [-0.4, -0.2) is 35.8 Å². The highest BCUT2D eigenvalue weighted by molar-refractivity contribution is 5.88. The van der Waals surface area contributed by atoms with Crippen LogP contribution in [0.25, 0.3) is 0 Å². The van der Waals surface area contributed by atoms with Crippen LogP contribution in [0.4, 0.5) is 0 Å². The third kappa shape index (κ3) is 6.24. The number of hydrogen-bond donors (Lipinski definition) is 1. The molecule has 2 rings (SSSR count). The van der Waals surface area contributed by atoms with E-state index in [1.807, 2.05) is 63.2 Å². The van der Waals surface area contributed by atoms with Gasteiger partial charge < -0.3 is 10.2 Å². The van der Waals surface area contributed by atoms with E-state index in [0.717, 1.165) is 17.5 Å². The first-order chi connectivity index (χ1) is 13.0. The van der Waals surface area contributed by atoms with Crippen molar-refractivity contribution in [2.75, 3.05) is 13.1 Å². The molecule has 4 heteroatoms. The van der Waals surface area contributed by atoms with E-state index < -0.39 is 6.04 Å². The number of hydrogen-bond acceptors (Lipinski definition) is 2. The van der Waals surface area contributed by atoms with E-state index in [0.29, 0.717) is 25.9 Å². The SMILES string of the molecule is CCNC(=O)C(CC)N(CCc1ccccc1)C(=O)Cc1ccc(C)cc1. The molecule has 2 aromatic rings. The van der Waals surface area contributed by atoms with E-state index in [4.69, 9.17) is 0 Å². The molecule has 4 nitrogen and oxygen atoms in total. The molecule has 1 unspecified atom stereocenters. The normalized spacial score (nSPS) is 11.7. The molecule has 0 saturated heterocycles. The lowest BCUT2D eigenvalue weighted by molar-refractivity contribution is -0.140. The molecular weight excluding hydrogens is 336 g/mol. The molecule has 0 aliphatic heterocycles. The van der Waals surface area contributed by atoms with Crippen molar-refractivity contribution in [3.63, 3.8) is 0 Å². The Kier molecular flexibility index (Phi) is 8.05. The van der Waals surface area contributed by atoms with E-state index in [1.54, 1.807) is 4.90 Å². The molecule has 0 bridgehead atoms. The Balaban J connectivity index is 2.16. The zero-order chi connectivity index (χ0) is 19.6. The van der Waals surface area contributed by atoms with Crippen molar-refractivity contribution >= 4 is 11.8 Å². The van der Waals surface area contributed by atoms with Crippen LogP contribution in [-0.2, 0) is 22.4 Å². The maximum atomic E-state index is 13.1. The standard InChI is InChI=1S/C23H30N2O2/c1-4-21(23(27)24-5-2)25(16-15-19-9-7-6-8-10-19)22(26)17-20-13-11-18(3)12-14-20/h6-14,21H,4-5,15-17H2,1-3H3,(H,24,27). The number of aryl methyl sites for hydroxylation is 1. The minimum Gasteiger partial charge on any atom is -0.355 e. The maximum Gasteiger partial charge on any atom is 0.242 e. The van der Waals surface area contributed by atoms with Crippen LogP contribution in [0.5, 0.6) is 0 Å². The van der Waals surface area contributed by atoms with Gasteiger partial charge >= 0.3 is 0 Å². The van der Waals surface area contributed by atoms with Crippen LogP contribution >= 0.6 is 0 Å². The third-order valence-electron chi connectivity index (χ3n) is 4.70. The second kappa shape index (κ2) is 10.5. The fourth-order valence-electron chi connectivity index (χ4n) is 3.17. The molecule has 144 valence electrons. The predicted molar refractivity (Wildman–Crippen MR) is 110 cm³/mol. The van der Waals surface area contributed by atoms with Gasteiger partial charge in [0.25, 0.3) is 0 Å². The van der Waals surface area contributed by atoms with Gasteiger partial charge in [-0.2, -0.15) is 0 Å². The minimum atomic E-state index is -0.438. The summed E-state index contributed by atoms with van der Waals surface area (Å²) in [5.41, 5.74) is 3.30. The van der Waals surface area contributed by atoms with Gasteiger partial charge in [0, 0.05) is 13.1 Å². The zero-order valence-electron chi connectivity index (χ0n) is 16.6. The summed E-state index contributed by atoms with van der Waals surface area (Å²) in [6, 6.07) is 17.6. The molecule has 0 fully saturated rings. The number of likely N-dealkylation sites (N-methyl/N-ethyl adjacent to an activating group) is 1. The molecule has 0 aromatic heterocycles. The highest BCUT2D eigenvalue weighted by Gasteiger charge is 2.27. The average Bonchev–Trinajstić information content (AvgIpc) is 2.67. The molecule has 1 atom stereocenters. The second-order valence-electron chi connectivity index (χ2n) is 6.80. The highest BCUT2D eigenvalue weighted by Crippen LogP contribution is 2.12. The molecule has 0 radical (unpaired) electrons. The predicted octanol–water partition coefficient (Wildman–Crippen LogP) is 3.52. The molecule has 0 saturated carbocycles. The maximum absolute atomic E-state index is 13.1. The fraction of sp³-hybridized carbons (Fsp3) is 0.391. The molecule has 0 aliphatic rings. The summed E-state index contributed by atoms with van der Waals surface area (Å²) >= 11 is 0. The molecular formula is C23H30N2O2. The lowest BCUT2D eigenvalue weighted by Crippen LogP contribution is -2.50. The van der Waals surface area contributed by atoms with Crippen LogP contribution < -0.4 is 5.32 Å². The Morgan fingerprint density at radius 1 is 0.963 bits per heavy atom. The lowest BCUT2D eigenvalue weighted by atomic mass is 10.1. The van der Waals surface area contributed by atoms with Crippen molar-refractivity contribution in [2.24, 2.45) is 0 Å². The topological polar surface area (TPSA) is 49.4 Å². The van der Waals surface area contributed by atoms with Crippen molar-refractivity contribution < 1.29 is 9.59 Å². The summed E-state index contributed by atoms with van der Waals surface area (Å²) in [6.45, 7) is 6.97. The Bertz CT molecular complexity index is 726. The summed E-state index contributed by atoms with van der Waals surface area (Å²) in [6.07, 6.45) is 1.64. The van der Waals surface area contributed by atoms with Gasteiger partial charge in [-0.3, -0.25) is 9.59 Å². The van der Waals surface area contributed by atoms with Crippen molar-refractivity contribution in [2.45, 2.75) is 46.1 Å². The van der Waals surface area contributed by atoms with Gasteiger partial charge in [0.15, 0.2) is 0 Å². The number of benzene rings is 2. The first kappa shape index (κ1) is 20.7. The molecule has 0 heterocycles. The van der Waals surface area contributed by atoms with Gasteiger partial charge in [0.05, 0.1) is 6.42 Å². The van der Waals surface area contributed by atoms with Crippen molar-refractivity contribution in [3.8, 4) is 0 Å². The summed E-state index contributed by atoms with van der Waals surface area (Å²) < 4.78 is 0. The summed E-state index contributed by atoms with van der Waals surface area (Å²) in [7, 11) is 0. The molecule has 2 aromatic carbocycles. The van der Waals surface area contributed by atoms with Crippen molar-refractivity contribution in [3.05, 3.63) is 71.3 Å². The van der Waals surface area contributed by atoms with Crippen LogP contribution in [0.15, 0.2) is 54.6 Å². The minimum absolute atomic E-state index is 0.00659. The van der Waals surface area contributed by atoms with Gasteiger partial charge in [0.2, 0.25) is 11.8 Å². The number of nitrogens with zero attached hydrogens (tertiary/aromatic N) is 1. The number of carbonyl (C=O) groups excluding carboxylic acids is 2. The highest BCUT2D eigenvalue weighted by atomic mass is 16.2. The number of rotatable bonds is 9. The van der Waals surface area contributed by atoms with Gasteiger partial charge in [-0.05, 0) is 37.8 Å². The monoisotopic (exact) mass is 366 g/mol. The van der Waals surface area contributed by atoms with Gasteiger partial charge in [-0.25, -0.2) is 0 Å².